The monoisotopic (exact) mass is 407 g/mol. The Balaban J connectivity index is 1.43. The topological polar surface area (TPSA) is 70.7 Å². The number of anilines is 1. The molecule has 0 bridgehead atoms. The molecule has 6 nitrogen and oxygen atoms in total. The molecule has 1 atom stereocenters. The second-order valence-corrected chi connectivity index (χ2v) is 8.12. The number of hydrogen-bond donors (Lipinski definition) is 2. The maximum atomic E-state index is 13.3. The first-order valence-corrected chi connectivity index (χ1v) is 10.7. The zero-order chi connectivity index (χ0) is 20.9. The van der Waals surface area contributed by atoms with Crippen LogP contribution in [-0.4, -0.2) is 43.0 Å². The number of hydrogen-bond acceptors (Lipinski definition) is 4. The van der Waals surface area contributed by atoms with E-state index in [1.54, 1.807) is 7.11 Å². The van der Waals surface area contributed by atoms with Gasteiger partial charge in [-0.3, -0.25) is 14.5 Å². The summed E-state index contributed by atoms with van der Waals surface area (Å²) in [6.45, 7) is 1.54. The SMILES string of the molecule is COc1ccc(NC(=O)C(c2ccccc2)N2CCC(NC(=O)C3CC3)CC2)cc1. The zero-order valence-corrected chi connectivity index (χ0v) is 17.3. The first kappa shape index (κ1) is 20.4. The minimum Gasteiger partial charge on any atom is -0.497 e. The summed E-state index contributed by atoms with van der Waals surface area (Å²) < 4.78 is 5.19. The highest BCUT2D eigenvalue weighted by Crippen LogP contribution is 2.30. The molecule has 2 fully saturated rings. The summed E-state index contributed by atoms with van der Waals surface area (Å²) >= 11 is 0. The number of benzene rings is 2. The molecule has 1 unspecified atom stereocenters. The van der Waals surface area contributed by atoms with Crippen molar-refractivity contribution in [3.63, 3.8) is 0 Å². The van der Waals surface area contributed by atoms with Crippen LogP contribution >= 0.6 is 0 Å². The van der Waals surface area contributed by atoms with Crippen LogP contribution in [-0.2, 0) is 9.59 Å². The Kier molecular flexibility index (Phi) is 6.33. The van der Waals surface area contributed by atoms with E-state index in [4.69, 9.17) is 4.74 Å². The third kappa shape index (κ3) is 5.00. The molecule has 0 radical (unpaired) electrons. The Morgan fingerprint density at radius 2 is 1.63 bits per heavy atom. The molecule has 4 rings (SSSR count). The number of carbonyl (C=O) groups is 2. The molecule has 2 aromatic rings. The maximum absolute atomic E-state index is 13.3. The van der Waals surface area contributed by atoms with E-state index in [1.807, 2.05) is 54.6 Å². The Morgan fingerprint density at radius 3 is 2.23 bits per heavy atom. The van der Waals surface area contributed by atoms with Crippen molar-refractivity contribution in [3.05, 3.63) is 60.2 Å². The van der Waals surface area contributed by atoms with Crippen molar-refractivity contribution < 1.29 is 14.3 Å². The maximum Gasteiger partial charge on any atom is 0.246 e. The standard InChI is InChI=1S/C24H29N3O3/c1-30-21-11-9-19(10-12-21)26-24(29)22(17-5-3-2-4-6-17)27-15-13-20(14-16-27)25-23(28)18-7-8-18/h2-6,9-12,18,20,22H,7-8,13-16H2,1H3,(H,25,28)(H,26,29). The third-order valence-corrected chi connectivity index (χ3v) is 5.91. The molecule has 158 valence electrons. The smallest absolute Gasteiger partial charge is 0.246 e. The molecule has 0 aromatic heterocycles. The van der Waals surface area contributed by atoms with E-state index < -0.39 is 0 Å². The summed E-state index contributed by atoms with van der Waals surface area (Å²) in [6.07, 6.45) is 3.76. The summed E-state index contributed by atoms with van der Waals surface area (Å²) in [5.41, 5.74) is 1.72. The van der Waals surface area contributed by atoms with Crippen LogP contribution in [0.5, 0.6) is 5.75 Å². The average molecular weight is 408 g/mol. The van der Waals surface area contributed by atoms with Gasteiger partial charge in [0.25, 0.3) is 0 Å². The molecule has 2 amide bonds. The number of methoxy groups -OCH3 is 1. The largest absolute Gasteiger partial charge is 0.497 e. The van der Waals surface area contributed by atoms with E-state index in [-0.39, 0.29) is 29.8 Å². The molecule has 1 saturated heterocycles. The van der Waals surface area contributed by atoms with E-state index >= 15 is 0 Å². The first-order valence-electron chi connectivity index (χ1n) is 10.7. The second-order valence-electron chi connectivity index (χ2n) is 8.12. The Morgan fingerprint density at radius 1 is 0.967 bits per heavy atom. The van der Waals surface area contributed by atoms with Gasteiger partial charge in [-0.2, -0.15) is 0 Å². The van der Waals surface area contributed by atoms with Crippen LogP contribution in [0.15, 0.2) is 54.6 Å². The van der Waals surface area contributed by atoms with E-state index in [0.717, 1.165) is 55.8 Å². The fourth-order valence-corrected chi connectivity index (χ4v) is 4.01. The summed E-state index contributed by atoms with van der Waals surface area (Å²) in [7, 11) is 1.62. The first-order chi connectivity index (χ1) is 14.6. The lowest BCUT2D eigenvalue weighted by molar-refractivity contribution is -0.125. The normalized spacial score (nSPS) is 18.4. The quantitative estimate of drug-likeness (QED) is 0.738. The summed E-state index contributed by atoms with van der Waals surface area (Å²) in [5, 5.41) is 6.23. The molecular formula is C24H29N3O3. The Bertz CT molecular complexity index is 857. The molecular weight excluding hydrogens is 378 g/mol. The summed E-state index contributed by atoms with van der Waals surface area (Å²) in [5.74, 6) is 1.13. The van der Waals surface area contributed by atoms with Crippen molar-refractivity contribution in [1.29, 1.82) is 0 Å². The lowest BCUT2D eigenvalue weighted by Crippen LogP contribution is -2.48. The van der Waals surface area contributed by atoms with E-state index in [9.17, 15) is 9.59 Å². The molecule has 1 aliphatic heterocycles. The van der Waals surface area contributed by atoms with Gasteiger partial charge in [-0.15, -0.1) is 0 Å². The van der Waals surface area contributed by atoms with Crippen LogP contribution in [0, 0.1) is 5.92 Å². The van der Waals surface area contributed by atoms with Crippen LogP contribution in [0.3, 0.4) is 0 Å². The number of amides is 2. The van der Waals surface area contributed by atoms with E-state index in [0.29, 0.717) is 0 Å². The second kappa shape index (κ2) is 9.30. The van der Waals surface area contributed by atoms with Crippen molar-refractivity contribution in [3.8, 4) is 5.75 Å². The van der Waals surface area contributed by atoms with Crippen LogP contribution in [0.2, 0.25) is 0 Å². The molecule has 30 heavy (non-hydrogen) atoms. The summed E-state index contributed by atoms with van der Waals surface area (Å²) in [4.78, 5) is 27.6. The predicted molar refractivity (Wildman–Crippen MR) is 116 cm³/mol. The van der Waals surface area contributed by atoms with Crippen molar-refractivity contribution in [2.24, 2.45) is 5.92 Å². The number of nitrogens with one attached hydrogen (secondary N) is 2. The molecule has 1 aliphatic carbocycles. The fourth-order valence-electron chi connectivity index (χ4n) is 4.01. The minimum absolute atomic E-state index is 0.0492. The molecule has 1 saturated carbocycles. The zero-order valence-electron chi connectivity index (χ0n) is 17.3. The van der Waals surface area contributed by atoms with Crippen LogP contribution < -0.4 is 15.4 Å². The summed E-state index contributed by atoms with van der Waals surface area (Å²) in [6, 6.07) is 17.1. The van der Waals surface area contributed by atoms with Gasteiger partial charge >= 0.3 is 0 Å². The van der Waals surface area contributed by atoms with Gasteiger partial charge < -0.3 is 15.4 Å². The lowest BCUT2D eigenvalue weighted by atomic mass is 9.98. The van der Waals surface area contributed by atoms with Gasteiger partial charge in [-0.05, 0) is 55.5 Å². The highest BCUT2D eigenvalue weighted by molar-refractivity contribution is 5.95. The van der Waals surface area contributed by atoms with Gasteiger partial charge in [0.2, 0.25) is 11.8 Å². The van der Waals surface area contributed by atoms with Crippen molar-refractivity contribution in [1.82, 2.24) is 10.2 Å². The Labute approximate surface area is 177 Å². The van der Waals surface area contributed by atoms with Crippen LogP contribution in [0.4, 0.5) is 5.69 Å². The number of ether oxygens (including phenoxy) is 1. The number of piperidine rings is 1. The molecule has 0 spiro atoms. The third-order valence-electron chi connectivity index (χ3n) is 5.91. The molecule has 2 aliphatic rings. The van der Waals surface area contributed by atoms with E-state index in [2.05, 4.69) is 15.5 Å². The van der Waals surface area contributed by atoms with Gasteiger partial charge in [-0.25, -0.2) is 0 Å². The molecule has 1 heterocycles. The van der Waals surface area contributed by atoms with Crippen molar-refractivity contribution in [2.45, 2.75) is 37.8 Å². The van der Waals surface area contributed by atoms with Crippen molar-refractivity contribution >= 4 is 17.5 Å². The van der Waals surface area contributed by atoms with Crippen LogP contribution in [0.1, 0.15) is 37.3 Å². The lowest BCUT2D eigenvalue weighted by Gasteiger charge is -2.37. The molecule has 6 heteroatoms. The number of rotatable bonds is 7. The predicted octanol–water partition coefficient (Wildman–Crippen LogP) is 3.37. The fraction of sp³-hybridized carbons (Fsp3) is 0.417. The molecule has 2 N–H and O–H groups in total. The van der Waals surface area contributed by atoms with Crippen LogP contribution in [0.25, 0.3) is 0 Å². The molecule has 2 aromatic carbocycles. The van der Waals surface area contributed by atoms with E-state index in [1.165, 1.54) is 0 Å². The van der Waals surface area contributed by atoms with Gasteiger partial charge in [0.15, 0.2) is 0 Å². The van der Waals surface area contributed by atoms with Gasteiger partial charge in [0, 0.05) is 30.7 Å². The van der Waals surface area contributed by atoms with Gasteiger partial charge in [0.05, 0.1) is 7.11 Å². The Hall–Kier alpha value is -2.86. The minimum atomic E-state index is -0.367. The average Bonchev–Trinajstić information content (AvgIpc) is 3.62. The number of nitrogens with zero attached hydrogens (tertiary/aromatic N) is 1. The number of carbonyl (C=O) groups excluding carboxylic acids is 2. The highest BCUT2D eigenvalue weighted by Gasteiger charge is 2.34. The van der Waals surface area contributed by atoms with Gasteiger partial charge in [-0.1, -0.05) is 30.3 Å². The number of likely N-dealkylation sites (tertiary alicyclic amines) is 1. The van der Waals surface area contributed by atoms with Gasteiger partial charge in [0.1, 0.15) is 11.8 Å². The van der Waals surface area contributed by atoms with Crippen molar-refractivity contribution in [2.75, 3.05) is 25.5 Å². The highest BCUT2D eigenvalue weighted by atomic mass is 16.5.